The van der Waals surface area contributed by atoms with Crippen molar-refractivity contribution >= 4 is 44.8 Å². The van der Waals surface area contributed by atoms with Gasteiger partial charge in [-0.25, -0.2) is 12.7 Å². The minimum Gasteiger partial charge on any atom is -0.321 e. The van der Waals surface area contributed by atoms with Gasteiger partial charge in [-0.3, -0.25) is 9.59 Å². The molecule has 1 aliphatic rings. The molecular formula is C19H16ClF3N2O4S. The number of nitrogens with one attached hydrogen (secondary N) is 1. The van der Waals surface area contributed by atoms with Crippen LogP contribution >= 0.6 is 11.6 Å². The SMILES string of the molecule is CC1(C)CS(=O)(=O)N(c2cc(C(=O)Nc3ccccc3C(F)(F)F)ccc2Cl)C1=O. The molecule has 2 amide bonds. The summed E-state index contributed by atoms with van der Waals surface area (Å²) < 4.78 is 64.9. The molecule has 1 heterocycles. The smallest absolute Gasteiger partial charge is 0.321 e. The molecule has 0 radical (unpaired) electrons. The van der Waals surface area contributed by atoms with E-state index in [1.807, 2.05) is 0 Å². The number of hydrogen-bond acceptors (Lipinski definition) is 4. The lowest BCUT2D eigenvalue weighted by molar-refractivity contribution is -0.137. The van der Waals surface area contributed by atoms with Crippen LogP contribution in [0.2, 0.25) is 5.02 Å². The number of hydrogen-bond donors (Lipinski definition) is 1. The molecule has 0 bridgehead atoms. The second-order valence-electron chi connectivity index (χ2n) is 7.37. The second-order valence-corrected chi connectivity index (χ2v) is 9.60. The molecule has 0 aromatic heterocycles. The first-order valence-electron chi connectivity index (χ1n) is 8.58. The van der Waals surface area contributed by atoms with Crippen LogP contribution in [0.3, 0.4) is 0 Å². The van der Waals surface area contributed by atoms with Gasteiger partial charge >= 0.3 is 6.18 Å². The fourth-order valence-corrected chi connectivity index (χ4v) is 5.45. The molecule has 2 aromatic rings. The minimum atomic E-state index is -4.68. The van der Waals surface area contributed by atoms with Crippen LogP contribution < -0.4 is 9.62 Å². The van der Waals surface area contributed by atoms with Crippen LogP contribution in [-0.4, -0.2) is 26.0 Å². The Labute approximate surface area is 175 Å². The maximum atomic E-state index is 13.1. The van der Waals surface area contributed by atoms with E-state index in [-0.39, 0.29) is 16.3 Å². The van der Waals surface area contributed by atoms with E-state index in [0.717, 1.165) is 18.2 Å². The predicted octanol–water partition coefficient (Wildman–Crippen LogP) is 4.31. The summed E-state index contributed by atoms with van der Waals surface area (Å²) in [4.78, 5) is 25.2. The largest absolute Gasteiger partial charge is 0.418 e. The Balaban J connectivity index is 1.99. The highest BCUT2D eigenvalue weighted by molar-refractivity contribution is 7.94. The quantitative estimate of drug-likeness (QED) is 0.739. The summed E-state index contributed by atoms with van der Waals surface area (Å²) in [6, 6.07) is 7.91. The van der Waals surface area contributed by atoms with Crippen molar-refractivity contribution in [1.29, 1.82) is 0 Å². The van der Waals surface area contributed by atoms with Crippen molar-refractivity contribution < 1.29 is 31.2 Å². The van der Waals surface area contributed by atoms with Crippen molar-refractivity contribution in [3.05, 3.63) is 58.6 Å². The predicted molar refractivity (Wildman–Crippen MR) is 106 cm³/mol. The molecule has 30 heavy (non-hydrogen) atoms. The van der Waals surface area contributed by atoms with Gasteiger partial charge in [0.05, 0.1) is 33.1 Å². The second kappa shape index (κ2) is 7.28. The van der Waals surface area contributed by atoms with Crippen molar-refractivity contribution in [3.8, 4) is 0 Å². The van der Waals surface area contributed by atoms with Gasteiger partial charge < -0.3 is 5.32 Å². The summed E-state index contributed by atoms with van der Waals surface area (Å²) in [5, 5.41) is 2.06. The molecule has 3 rings (SSSR count). The third-order valence-corrected chi connectivity index (χ3v) is 6.82. The van der Waals surface area contributed by atoms with Gasteiger partial charge in [-0.1, -0.05) is 23.7 Å². The van der Waals surface area contributed by atoms with E-state index in [2.05, 4.69) is 5.32 Å². The number of alkyl halides is 3. The Hall–Kier alpha value is -2.59. The summed E-state index contributed by atoms with van der Waals surface area (Å²) in [5.74, 6) is -2.08. The molecule has 160 valence electrons. The summed E-state index contributed by atoms with van der Waals surface area (Å²) in [6.45, 7) is 2.93. The molecule has 0 spiro atoms. The zero-order valence-electron chi connectivity index (χ0n) is 15.7. The average Bonchev–Trinajstić information content (AvgIpc) is 2.78. The Bertz CT molecular complexity index is 1150. The van der Waals surface area contributed by atoms with E-state index in [1.54, 1.807) is 0 Å². The van der Waals surface area contributed by atoms with Gasteiger partial charge in [0.2, 0.25) is 15.9 Å². The molecule has 11 heteroatoms. The van der Waals surface area contributed by atoms with Crippen LogP contribution in [0.4, 0.5) is 24.5 Å². The molecule has 0 saturated carbocycles. The van der Waals surface area contributed by atoms with Crippen LogP contribution in [0.15, 0.2) is 42.5 Å². The molecule has 2 aromatic carbocycles. The van der Waals surface area contributed by atoms with Crippen LogP contribution in [0, 0.1) is 5.41 Å². The molecule has 0 atom stereocenters. The first-order valence-corrected chi connectivity index (χ1v) is 10.6. The van der Waals surface area contributed by atoms with Gasteiger partial charge in [-0.2, -0.15) is 13.2 Å². The molecule has 1 aliphatic heterocycles. The van der Waals surface area contributed by atoms with Gasteiger partial charge in [0.25, 0.3) is 5.91 Å². The van der Waals surface area contributed by atoms with Gasteiger partial charge in [-0.05, 0) is 44.2 Å². The topological polar surface area (TPSA) is 83.6 Å². The van der Waals surface area contributed by atoms with Crippen LogP contribution in [0.5, 0.6) is 0 Å². The lowest BCUT2D eigenvalue weighted by Crippen LogP contribution is -2.33. The van der Waals surface area contributed by atoms with E-state index < -0.39 is 50.4 Å². The number of nitrogens with zero attached hydrogens (tertiary/aromatic N) is 1. The number of sulfonamides is 1. The van der Waals surface area contributed by atoms with Gasteiger partial charge in [-0.15, -0.1) is 0 Å². The standard InChI is InChI=1S/C19H16ClF3N2O4S/c1-18(2)10-30(28,29)25(17(18)27)15-9-11(7-8-13(15)20)16(26)24-14-6-4-3-5-12(14)19(21,22)23/h3-9H,10H2,1-2H3,(H,24,26). The third kappa shape index (κ3) is 4.01. The van der Waals surface area contributed by atoms with E-state index in [9.17, 15) is 31.2 Å². The molecule has 6 nitrogen and oxygen atoms in total. The first-order chi connectivity index (χ1) is 13.7. The monoisotopic (exact) mass is 460 g/mol. The fourth-order valence-electron chi connectivity index (χ4n) is 3.09. The Morgan fingerprint density at radius 2 is 1.80 bits per heavy atom. The first kappa shape index (κ1) is 22.1. The highest BCUT2D eigenvalue weighted by Gasteiger charge is 2.50. The zero-order valence-corrected chi connectivity index (χ0v) is 17.3. The molecular weight excluding hydrogens is 445 g/mol. The van der Waals surface area contributed by atoms with Gasteiger partial charge in [0, 0.05) is 5.56 Å². The lowest BCUT2D eigenvalue weighted by atomic mass is 9.95. The normalized spacial score (nSPS) is 17.8. The van der Waals surface area contributed by atoms with Crippen LogP contribution in [0.1, 0.15) is 29.8 Å². The van der Waals surface area contributed by atoms with E-state index in [0.29, 0.717) is 4.31 Å². The zero-order chi connectivity index (χ0) is 22.5. The third-order valence-electron chi connectivity index (χ3n) is 4.49. The van der Waals surface area contributed by atoms with E-state index in [1.165, 1.54) is 38.1 Å². The van der Waals surface area contributed by atoms with Gasteiger partial charge in [0.1, 0.15) is 0 Å². The number of para-hydroxylation sites is 1. The van der Waals surface area contributed by atoms with Crippen molar-refractivity contribution in [2.45, 2.75) is 20.0 Å². The van der Waals surface area contributed by atoms with Crippen molar-refractivity contribution in [1.82, 2.24) is 0 Å². The summed E-state index contributed by atoms with van der Waals surface area (Å²) in [6.07, 6.45) is -4.68. The summed E-state index contributed by atoms with van der Waals surface area (Å²) >= 11 is 6.07. The van der Waals surface area contributed by atoms with E-state index >= 15 is 0 Å². The highest BCUT2D eigenvalue weighted by Crippen LogP contribution is 2.39. The van der Waals surface area contributed by atoms with Crippen LogP contribution in [0.25, 0.3) is 0 Å². The number of halogens is 4. The number of carbonyl (C=O) groups excluding carboxylic acids is 2. The molecule has 1 N–H and O–H groups in total. The number of anilines is 2. The summed E-state index contributed by atoms with van der Waals surface area (Å²) in [5.41, 5.74) is -3.08. The van der Waals surface area contributed by atoms with E-state index in [4.69, 9.17) is 11.6 Å². The number of carbonyl (C=O) groups is 2. The average molecular weight is 461 g/mol. The van der Waals surface area contributed by atoms with Crippen molar-refractivity contribution in [2.75, 3.05) is 15.4 Å². The number of rotatable bonds is 3. The molecule has 1 fully saturated rings. The highest BCUT2D eigenvalue weighted by atomic mass is 35.5. The Morgan fingerprint density at radius 1 is 1.17 bits per heavy atom. The van der Waals surface area contributed by atoms with Crippen molar-refractivity contribution in [2.24, 2.45) is 5.41 Å². The molecule has 1 saturated heterocycles. The van der Waals surface area contributed by atoms with Crippen LogP contribution in [-0.2, 0) is 21.0 Å². The number of amides is 2. The Kier molecular flexibility index (Phi) is 5.36. The maximum absolute atomic E-state index is 13.1. The lowest BCUT2D eigenvalue weighted by Gasteiger charge is -2.19. The van der Waals surface area contributed by atoms with Gasteiger partial charge in [0.15, 0.2) is 0 Å². The molecule has 0 unspecified atom stereocenters. The Morgan fingerprint density at radius 3 is 2.37 bits per heavy atom. The maximum Gasteiger partial charge on any atom is 0.418 e. The fraction of sp³-hybridized carbons (Fsp3) is 0.263. The minimum absolute atomic E-state index is 0.100. The van der Waals surface area contributed by atoms with Crippen molar-refractivity contribution in [3.63, 3.8) is 0 Å². The molecule has 0 aliphatic carbocycles. The summed E-state index contributed by atoms with van der Waals surface area (Å²) in [7, 11) is -4.03. The number of benzene rings is 2.